The quantitative estimate of drug-likeness (QED) is 0.570. The fraction of sp³-hybridized carbons (Fsp3) is 0.364. The number of hydrogen-bond acceptors (Lipinski definition) is 4. The fourth-order valence-electron chi connectivity index (χ4n) is 3.23. The maximum atomic E-state index is 13.4. The molecule has 2 amide bonds. The number of benzene rings is 2. The van der Waals surface area contributed by atoms with Crippen LogP contribution in [0.3, 0.4) is 0 Å². The first-order valence-corrected chi connectivity index (χ1v) is 12.6. The third-order valence-electron chi connectivity index (χ3n) is 4.87. The van der Waals surface area contributed by atoms with Gasteiger partial charge in [-0.05, 0) is 62.2 Å². The van der Waals surface area contributed by atoms with Crippen LogP contribution in [0.1, 0.15) is 25.0 Å². The smallest absolute Gasteiger partial charge is 0.244 e. The van der Waals surface area contributed by atoms with Crippen molar-refractivity contribution in [1.82, 2.24) is 10.2 Å². The summed E-state index contributed by atoms with van der Waals surface area (Å²) in [5.74, 6) is -0.861. The summed E-state index contributed by atoms with van der Waals surface area (Å²) < 4.78 is 26.1. The highest BCUT2D eigenvalue weighted by Gasteiger charge is 2.30. The maximum absolute atomic E-state index is 13.4. The first-order chi connectivity index (χ1) is 14.9. The van der Waals surface area contributed by atoms with Crippen LogP contribution in [0.2, 0.25) is 10.0 Å². The summed E-state index contributed by atoms with van der Waals surface area (Å²) in [5, 5.41) is 3.66. The molecule has 1 atom stereocenters. The number of aryl methyl sites for hydroxylation is 1. The molecule has 0 spiro atoms. The molecule has 0 fully saturated rings. The predicted octanol–water partition coefficient (Wildman–Crippen LogP) is 3.62. The summed E-state index contributed by atoms with van der Waals surface area (Å²) in [5.41, 5.74) is 1.67. The molecule has 10 heteroatoms. The van der Waals surface area contributed by atoms with Crippen LogP contribution in [0.4, 0.5) is 5.69 Å². The monoisotopic (exact) mass is 499 g/mol. The van der Waals surface area contributed by atoms with E-state index in [0.29, 0.717) is 27.8 Å². The van der Waals surface area contributed by atoms with E-state index in [0.717, 1.165) is 16.1 Å². The van der Waals surface area contributed by atoms with Gasteiger partial charge in [-0.1, -0.05) is 35.3 Å². The highest BCUT2D eigenvalue weighted by molar-refractivity contribution is 7.92. The van der Waals surface area contributed by atoms with Crippen LogP contribution in [-0.2, 0) is 26.2 Å². The second kappa shape index (κ2) is 11.0. The number of sulfonamides is 1. The van der Waals surface area contributed by atoms with Gasteiger partial charge in [0, 0.05) is 23.1 Å². The minimum Gasteiger partial charge on any atom is -0.355 e. The molecule has 2 aromatic carbocycles. The normalized spacial score (nSPS) is 12.2. The molecule has 0 radical (unpaired) electrons. The van der Waals surface area contributed by atoms with Gasteiger partial charge >= 0.3 is 0 Å². The Bertz CT molecular complexity index is 1090. The van der Waals surface area contributed by atoms with Crippen molar-refractivity contribution in [2.24, 2.45) is 0 Å². The Hall–Kier alpha value is -2.29. The van der Waals surface area contributed by atoms with Gasteiger partial charge in [0.25, 0.3) is 0 Å². The second-order valence-corrected chi connectivity index (χ2v) is 10.2. The molecule has 174 valence electrons. The molecular formula is C22H27Cl2N3O4S. The lowest BCUT2D eigenvalue weighted by molar-refractivity contribution is -0.139. The molecule has 2 rings (SSSR count). The lowest BCUT2D eigenvalue weighted by Crippen LogP contribution is -2.51. The van der Waals surface area contributed by atoms with E-state index < -0.39 is 28.5 Å². The van der Waals surface area contributed by atoms with Crippen LogP contribution < -0.4 is 9.62 Å². The summed E-state index contributed by atoms with van der Waals surface area (Å²) in [6, 6.07) is 10.9. The van der Waals surface area contributed by atoms with E-state index in [9.17, 15) is 18.0 Å². The third kappa shape index (κ3) is 6.85. The van der Waals surface area contributed by atoms with Gasteiger partial charge in [0.1, 0.15) is 12.6 Å². The number of carbonyl (C=O) groups is 2. The summed E-state index contributed by atoms with van der Waals surface area (Å²) in [4.78, 5) is 27.2. The number of anilines is 1. The van der Waals surface area contributed by atoms with E-state index in [2.05, 4.69) is 5.32 Å². The van der Waals surface area contributed by atoms with Crippen LogP contribution in [0, 0.1) is 6.92 Å². The van der Waals surface area contributed by atoms with Gasteiger partial charge in [-0.15, -0.1) is 0 Å². The van der Waals surface area contributed by atoms with Crippen molar-refractivity contribution in [3.05, 3.63) is 63.6 Å². The number of halogens is 2. The highest BCUT2D eigenvalue weighted by Crippen LogP contribution is 2.26. The van der Waals surface area contributed by atoms with Crippen molar-refractivity contribution in [3.63, 3.8) is 0 Å². The van der Waals surface area contributed by atoms with Crippen LogP contribution in [-0.4, -0.2) is 50.5 Å². The summed E-state index contributed by atoms with van der Waals surface area (Å²) >= 11 is 12.1. The average molecular weight is 500 g/mol. The molecule has 0 aromatic heterocycles. The number of carbonyl (C=O) groups excluding carboxylic acids is 2. The lowest BCUT2D eigenvalue weighted by Gasteiger charge is -2.32. The van der Waals surface area contributed by atoms with Crippen LogP contribution in [0.25, 0.3) is 0 Å². The van der Waals surface area contributed by atoms with Gasteiger partial charge in [0.2, 0.25) is 21.8 Å². The SMILES string of the molecule is CCNC(=O)C(C)N(Cc1cccc(Cl)c1)C(=O)CN(c1ccc(Cl)cc1C)S(C)(=O)=O. The molecule has 0 aliphatic rings. The summed E-state index contributed by atoms with van der Waals surface area (Å²) in [6.07, 6.45) is 1.03. The molecule has 0 aliphatic heterocycles. The number of nitrogens with zero attached hydrogens (tertiary/aromatic N) is 2. The Morgan fingerprint density at radius 3 is 2.31 bits per heavy atom. The maximum Gasteiger partial charge on any atom is 0.244 e. The first-order valence-electron chi connectivity index (χ1n) is 9.99. The van der Waals surface area contributed by atoms with Gasteiger partial charge in [-0.2, -0.15) is 0 Å². The van der Waals surface area contributed by atoms with Crippen molar-refractivity contribution in [2.45, 2.75) is 33.4 Å². The molecule has 0 bridgehead atoms. The number of nitrogens with one attached hydrogen (secondary N) is 1. The highest BCUT2D eigenvalue weighted by atomic mass is 35.5. The fourth-order valence-corrected chi connectivity index (χ4v) is 4.58. The van der Waals surface area contributed by atoms with E-state index in [-0.39, 0.29) is 12.5 Å². The standard InChI is InChI=1S/C22H27Cl2N3O4S/c1-5-25-22(29)16(3)26(13-17-7-6-8-18(23)12-17)21(28)14-27(32(4,30)31)20-10-9-19(24)11-15(20)2/h6-12,16H,5,13-14H2,1-4H3,(H,25,29). The Kier molecular flexibility index (Phi) is 8.95. The average Bonchev–Trinajstić information content (AvgIpc) is 2.69. The van der Waals surface area contributed by atoms with Gasteiger partial charge in [0.05, 0.1) is 11.9 Å². The number of hydrogen-bond donors (Lipinski definition) is 1. The third-order valence-corrected chi connectivity index (χ3v) is 6.46. The molecule has 0 saturated heterocycles. The van der Waals surface area contributed by atoms with Crippen LogP contribution >= 0.6 is 23.2 Å². The zero-order chi connectivity index (χ0) is 24.1. The van der Waals surface area contributed by atoms with E-state index >= 15 is 0 Å². The molecule has 32 heavy (non-hydrogen) atoms. The van der Waals surface area contributed by atoms with Gasteiger partial charge in [-0.3, -0.25) is 13.9 Å². The van der Waals surface area contributed by atoms with E-state index in [1.165, 1.54) is 4.90 Å². The van der Waals surface area contributed by atoms with Gasteiger partial charge < -0.3 is 10.2 Å². The largest absolute Gasteiger partial charge is 0.355 e. The number of rotatable bonds is 9. The summed E-state index contributed by atoms with van der Waals surface area (Å²) in [7, 11) is -3.80. The minimum atomic E-state index is -3.80. The molecule has 0 aliphatic carbocycles. The molecule has 0 heterocycles. The minimum absolute atomic E-state index is 0.0922. The molecule has 1 unspecified atom stereocenters. The zero-order valence-corrected chi connectivity index (χ0v) is 20.8. The van der Waals surface area contributed by atoms with Crippen molar-refractivity contribution >= 4 is 50.7 Å². The number of likely N-dealkylation sites (N-methyl/N-ethyl adjacent to an activating group) is 1. The number of amides is 2. The molecule has 0 saturated carbocycles. The Morgan fingerprint density at radius 1 is 1.09 bits per heavy atom. The second-order valence-electron chi connectivity index (χ2n) is 7.42. The zero-order valence-electron chi connectivity index (χ0n) is 18.4. The Balaban J connectivity index is 2.42. The molecular weight excluding hydrogens is 473 g/mol. The van der Waals surface area contributed by atoms with Crippen molar-refractivity contribution in [3.8, 4) is 0 Å². The molecule has 2 aromatic rings. The topological polar surface area (TPSA) is 86.8 Å². The van der Waals surface area contributed by atoms with E-state index in [1.54, 1.807) is 63.2 Å². The van der Waals surface area contributed by atoms with Gasteiger partial charge in [0.15, 0.2) is 0 Å². The van der Waals surface area contributed by atoms with Crippen molar-refractivity contribution < 1.29 is 18.0 Å². The molecule has 1 N–H and O–H groups in total. The predicted molar refractivity (Wildman–Crippen MR) is 129 cm³/mol. The van der Waals surface area contributed by atoms with Crippen LogP contribution in [0.5, 0.6) is 0 Å². The first kappa shape index (κ1) is 26.0. The van der Waals surface area contributed by atoms with E-state index in [1.807, 2.05) is 0 Å². The summed E-state index contributed by atoms with van der Waals surface area (Å²) in [6.45, 7) is 5.13. The Morgan fingerprint density at radius 2 is 1.75 bits per heavy atom. The molecule has 7 nitrogen and oxygen atoms in total. The van der Waals surface area contributed by atoms with Crippen molar-refractivity contribution in [2.75, 3.05) is 23.7 Å². The lowest BCUT2D eigenvalue weighted by atomic mass is 10.1. The van der Waals surface area contributed by atoms with Crippen LogP contribution in [0.15, 0.2) is 42.5 Å². The Labute approximate surface area is 199 Å². The van der Waals surface area contributed by atoms with E-state index in [4.69, 9.17) is 23.2 Å². The van der Waals surface area contributed by atoms with Crippen molar-refractivity contribution in [1.29, 1.82) is 0 Å². The van der Waals surface area contributed by atoms with Gasteiger partial charge in [-0.25, -0.2) is 8.42 Å².